The number of halogens is 1. The summed E-state index contributed by atoms with van der Waals surface area (Å²) in [4.78, 5) is 11.5. The van der Waals surface area contributed by atoms with Gasteiger partial charge >= 0.3 is 6.09 Å². The van der Waals surface area contributed by atoms with Gasteiger partial charge in [-0.25, -0.2) is 17.9 Å². The Kier molecular flexibility index (Phi) is 6.00. The fourth-order valence-electron chi connectivity index (χ4n) is 1.37. The molecule has 0 aliphatic rings. The van der Waals surface area contributed by atoms with Gasteiger partial charge in [0.25, 0.3) is 10.0 Å². The van der Waals surface area contributed by atoms with Gasteiger partial charge in [0.05, 0.1) is 4.90 Å². The number of benzene rings is 1. The van der Waals surface area contributed by atoms with Crippen LogP contribution in [0.3, 0.4) is 0 Å². The number of hydrogen-bond donors (Lipinski definition) is 1. The average molecular weight is 348 g/mol. The second-order valence-electron chi connectivity index (χ2n) is 4.98. The summed E-state index contributed by atoms with van der Waals surface area (Å²) < 4.78 is 30.4. The molecular formula is C13H18ClNO4SSi. The summed E-state index contributed by atoms with van der Waals surface area (Å²) in [6.07, 6.45) is 0.589. The smallest absolute Gasteiger partial charge is 0.421 e. The molecule has 0 atom stereocenters. The van der Waals surface area contributed by atoms with Crippen molar-refractivity contribution < 1.29 is 17.9 Å². The van der Waals surface area contributed by atoms with E-state index in [0.29, 0.717) is 0 Å². The minimum absolute atomic E-state index is 0.00916. The highest BCUT2D eigenvalue weighted by Gasteiger charge is 2.18. The van der Waals surface area contributed by atoms with Gasteiger partial charge in [-0.3, -0.25) is 0 Å². The van der Waals surface area contributed by atoms with Gasteiger partial charge in [0.2, 0.25) is 0 Å². The van der Waals surface area contributed by atoms with Crippen molar-refractivity contribution >= 4 is 34.6 Å². The van der Waals surface area contributed by atoms with E-state index in [9.17, 15) is 13.2 Å². The van der Waals surface area contributed by atoms with Crippen LogP contribution in [0.2, 0.25) is 13.1 Å². The van der Waals surface area contributed by atoms with Crippen LogP contribution in [0.4, 0.5) is 4.79 Å². The van der Waals surface area contributed by atoms with Crippen LogP contribution < -0.4 is 4.72 Å². The predicted octanol–water partition coefficient (Wildman–Crippen LogP) is 2.95. The maximum atomic E-state index is 11.9. The third kappa shape index (κ3) is 6.79. The number of hydrogen-bond acceptors (Lipinski definition) is 4. The Balaban J connectivity index is 2.58. The number of nitrogens with one attached hydrogen (secondary N) is 1. The van der Waals surface area contributed by atoms with Crippen molar-refractivity contribution in [2.24, 2.45) is 0 Å². The fraction of sp³-hybridized carbons (Fsp3) is 0.308. The maximum absolute atomic E-state index is 11.9. The van der Waals surface area contributed by atoms with Gasteiger partial charge in [-0.2, -0.15) is 11.1 Å². The van der Waals surface area contributed by atoms with Crippen LogP contribution in [0.5, 0.6) is 0 Å². The van der Waals surface area contributed by atoms with Crippen LogP contribution in [0.15, 0.2) is 40.9 Å². The summed E-state index contributed by atoms with van der Waals surface area (Å²) in [5, 5.41) is 0. The van der Waals surface area contributed by atoms with Crippen LogP contribution in [-0.2, 0) is 14.8 Å². The number of sulfonamides is 1. The van der Waals surface area contributed by atoms with Crippen LogP contribution in [0.1, 0.15) is 5.56 Å². The van der Waals surface area contributed by atoms with Crippen molar-refractivity contribution in [3.8, 4) is 0 Å². The molecule has 21 heavy (non-hydrogen) atoms. The van der Waals surface area contributed by atoms with Gasteiger partial charge in [-0.05, 0) is 19.1 Å². The van der Waals surface area contributed by atoms with Gasteiger partial charge in [0.1, 0.15) is 6.61 Å². The summed E-state index contributed by atoms with van der Waals surface area (Å²) in [6, 6.07) is 6.14. The lowest BCUT2D eigenvalue weighted by molar-refractivity contribution is 0.165. The van der Waals surface area contributed by atoms with Crippen LogP contribution in [0, 0.1) is 6.92 Å². The fourth-order valence-corrected chi connectivity index (χ4v) is 3.18. The van der Waals surface area contributed by atoms with E-state index >= 15 is 0 Å². The summed E-state index contributed by atoms with van der Waals surface area (Å²) in [6.45, 7) is 5.63. The zero-order valence-corrected chi connectivity index (χ0v) is 14.7. The van der Waals surface area contributed by atoms with Crippen molar-refractivity contribution in [2.75, 3.05) is 6.61 Å². The molecule has 1 rings (SSSR count). The van der Waals surface area contributed by atoms with E-state index in [2.05, 4.69) is 0 Å². The van der Waals surface area contributed by atoms with E-state index in [1.807, 2.05) is 24.7 Å². The molecule has 0 radical (unpaired) electrons. The molecule has 0 aliphatic carbocycles. The number of amides is 1. The first-order valence-corrected chi connectivity index (χ1v) is 11.8. The zero-order chi connectivity index (χ0) is 16.1. The Labute approximate surface area is 130 Å². The molecule has 0 fully saturated rings. The van der Waals surface area contributed by atoms with E-state index in [-0.39, 0.29) is 11.5 Å². The topological polar surface area (TPSA) is 72.5 Å². The first-order chi connectivity index (χ1) is 9.60. The molecular weight excluding hydrogens is 330 g/mol. The van der Waals surface area contributed by atoms with Gasteiger partial charge in [-0.1, -0.05) is 42.6 Å². The molecule has 0 aliphatic heterocycles. The highest BCUT2D eigenvalue weighted by Crippen LogP contribution is 2.10. The first kappa shape index (κ1) is 17.7. The normalized spacial score (nSPS) is 12.4. The monoisotopic (exact) mass is 347 g/mol. The molecule has 0 bridgehead atoms. The van der Waals surface area contributed by atoms with Crippen LogP contribution >= 0.6 is 11.1 Å². The predicted molar refractivity (Wildman–Crippen MR) is 85.3 cm³/mol. The van der Waals surface area contributed by atoms with Gasteiger partial charge < -0.3 is 4.74 Å². The largest absolute Gasteiger partial charge is 0.445 e. The first-order valence-electron chi connectivity index (χ1n) is 6.23. The SMILES string of the molecule is Cc1ccc(S(=O)(=O)NC(=O)OC/C=C/[Si](C)(C)Cl)cc1. The molecule has 8 heteroatoms. The lowest BCUT2D eigenvalue weighted by atomic mass is 10.2. The van der Waals surface area contributed by atoms with Crippen molar-refractivity contribution in [3.05, 3.63) is 41.6 Å². The minimum atomic E-state index is -3.91. The highest BCUT2D eigenvalue weighted by molar-refractivity contribution is 7.90. The van der Waals surface area contributed by atoms with E-state index in [0.717, 1.165) is 5.56 Å². The summed E-state index contributed by atoms with van der Waals surface area (Å²) in [5.41, 5.74) is 2.71. The Hall–Kier alpha value is -1.31. The molecule has 1 N–H and O–H groups in total. The summed E-state index contributed by atoms with van der Waals surface area (Å²) in [5.74, 6) is 0. The van der Waals surface area contributed by atoms with Crippen LogP contribution in [0.25, 0.3) is 0 Å². The second kappa shape index (κ2) is 7.10. The standard InChI is InChI=1S/C13H18ClNO4SSi/c1-11-5-7-12(8-6-11)20(17,18)15-13(16)19-9-4-10-21(2,3)14/h4-8,10H,9H2,1-3H3,(H,15,16)/b10-4+. The molecule has 0 heterocycles. The third-order valence-electron chi connectivity index (χ3n) is 2.37. The highest BCUT2D eigenvalue weighted by atomic mass is 35.6. The van der Waals surface area contributed by atoms with Crippen molar-refractivity contribution in [3.63, 3.8) is 0 Å². The Morgan fingerprint density at radius 2 is 1.90 bits per heavy atom. The van der Waals surface area contributed by atoms with Gasteiger partial charge in [-0.15, -0.1) is 0 Å². The number of ether oxygens (including phenoxy) is 1. The van der Waals surface area contributed by atoms with Crippen LogP contribution in [-0.4, -0.2) is 28.5 Å². The molecule has 1 amide bonds. The quantitative estimate of drug-likeness (QED) is 0.656. The molecule has 0 aromatic heterocycles. The summed E-state index contributed by atoms with van der Waals surface area (Å²) in [7, 11) is -5.78. The molecule has 5 nitrogen and oxygen atoms in total. The molecule has 0 spiro atoms. The molecule has 0 unspecified atom stereocenters. The minimum Gasteiger partial charge on any atom is -0.445 e. The van der Waals surface area contributed by atoms with Crippen molar-refractivity contribution in [1.82, 2.24) is 4.72 Å². The number of carbonyl (C=O) groups excluding carboxylic acids is 1. The second-order valence-corrected chi connectivity index (χ2v) is 13.1. The van der Waals surface area contributed by atoms with Crippen molar-refractivity contribution in [1.29, 1.82) is 0 Å². The Bertz CT molecular complexity index is 621. The average Bonchev–Trinajstić information content (AvgIpc) is 2.33. The summed E-state index contributed by atoms with van der Waals surface area (Å²) >= 11 is 6.05. The van der Waals surface area contributed by atoms with E-state index in [4.69, 9.17) is 15.8 Å². The number of rotatable bonds is 5. The molecule has 1 aromatic carbocycles. The van der Waals surface area contributed by atoms with E-state index < -0.39 is 23.5 Å². The Morgan fingerprint density at radius 3 is 2.43 bits per heavy atom. The van der Waals surface area contributed by atoms with Crippen molar-refractivity contribution in [2.45, 2.75) is 24.9 Å². The lowest BCUT2D eigenvalue weighted by Gasteiger charge is -2.08. The molecule has 0 saturated carbocycles. The molecule has 116 valence electrons. The lowest BCUT2D eigenvalue weighted by Crippen LogP contribution is -2.31. The number of carbonyl (C=O) groups is 1. The maximum Gasteiger partial charge on any atom is 0.421 e. The van der Waals surface area contributed by atoms with Gasteiger partial charge in [0, 0.05) is 0 Å². The third-order valence-corrected chi connectivity index (χ3v) is 5.11. The number of aryl methyl sites for hydroxylation is 1. The van der Waals surface area contributed by atoms with E-state index in [1.54, 1.807) is 23.9 Å². The van der Waals surface area contributed by atoms with E-state index in [1.165, 1.54) is 12.1 Å². The molecule has 1 aromatic rings. The van der Waals surface area contributed by atoms with Gasteiger partial charge in [0.15, 0.2) is 7.38 Å². The Morgan fingerprint density at radius 1 is 1.33 bits per heavy atom. The molecule has 0 saturated heterocycles. The zero-order valence-electron chi connectivity index (χ0n) is 12.1.